The van der Waals surface area contributed by atoms with E-state index in [2.05, 4.69) is 10.6 Å². The van der Waals surface area contributed by atoms with Gasteiger partial charge in [-0.3, -0.25) is 4.79 Å². The number of carbonyl (C=O) groups is 1. The summed E-state index contributed by atoms with van der Waals surface area (Å²) in [4.78, 5) is 12.1. The molecule has 0 saturated carbocycles. The van der Waals surface area contributed by atoms with Gasteiger partial charge in [0.15, 0.2) is 0 Å². The van der Waals surface area contributed by atoms with Crippen LogP contribution in [0.4, 0.5) is 5.69 Å². The molecule has 0 aliphatic carbocycles. The lowest BCUT2D eigenvalue weighted by Gasteiger charge is -2.15. The standard InChI is InChI=1S/C12H16ClN3O3S/c1-7-5-15-6-9(7)12(17)16-11-4-8(20(14,18)19)2-3-10(11)13/h2-4,7,9,15H,5-6H2,1H3,(H,16,17)(H2,14,18,19)/t7-,9-/m1/s1. The number of hydrogen-bond acceptors (Lipinski definition) is 4. The van der Waals surface area contributed by atoms with Crippen LogP contribution in [0.2, 0.25) is 5.02 Å². The van der Waals surface area contributed by atoms with Gasteiger partial charge >= 0.3 is 0 Å². The highest BCUT2D eigenvalue weighted by molar-refractivity contribution is 7.89. The quantitative estimate of drug-likeness (QED) is 0.766. The van der Waals surface area contributed by atoms with E-state index >= 15 is 0 Å². The smallest absolute Gasteiger partial charge is 0.238 e. The maximum Gasteiger partial charge on any atom is 0.238 e. The number of rotatable bonds is 3. The number of primary sulfonamides is 1. The zero-order valence-corrected chi connectivity index (χ0v) is 12.5. The van der Waals surface area contributed by atoms with Crippen LogP contribution in [0.5, 0.6) is 0 Å². The Kier molecular flexibility index (Phi) is 4.33. The van der Waals surface area contributed by atoms with E-state index < -0.39 is 10.0 Å². The summed E-state index contributed by atoms with van der Waals surface area (Å²) in [6.07, 6.45) is 0. The molecule has 110 valence electrons. The molecule has 8 heteroatoms. The molecular formula is C12H16ClN3O3S. The largest absolute Gasteiger partial charge is 0.324 e. The maximum absolute atomic E-state index is 12.1. The minimum absolute atomic E-state index is 0.0882. The number of anilines is 1. The van der Waals surface area contributed by atoms with Gasteiger partial charge in [-0.1, -0.05) is 18.5 Å². The molecule has 1 heterocycles. The van der Waals surface area contributed by atoms with Crippen molar-refractivity contribution in [2.24, 2.45) is 17.0 Å². The van der Waals surface area contributed by atoms with Gasteiger partial charge in [0.2, 0.25) is 15.9 Å². The van der Waals surface area contributed by atoms with Crippen LogP contribution in [0, 0.1) is 11.8 Å². The van der Waals surface area contributed by atoms with Gasteiger partial charge in [0.1, 0.15) is 0 Å². The molecule has 0 bridgehead atoms. The summed E-state index contributed by atoms with van der Waals surface area (Å²) in [7, 11) is -3.83. The number of hydrogen-bond donors (Lipinski definition) is 3. The van der Waals surface area contributed by atoms with Crippen LogP contribution in [0.15, 0.2) is 23.1 Å². The van der Waals surface area contributed by atoms with Gasteiger partial charge in [-0.05, 0) is 30.7 Å². The van der Waals surface area contributed by atoms with E-state index in [0.29, 0.717) is 6.54 Å². The summed E-state index contributed by atoms with van der Waals surface area (Å²) in [6, 6.07) is 3.96. The molecule has 2 atom stereocenters. The summed E-state index contributed by atoms with van der Waals surface area (Å²) in [6.45, 7) is 3.36. The Balaban J connectivity index is 2.22. The van der Waals surface area contributed by atoms with Crippen LogP contribution >= 0.6 is 11.6 Å². The Morgan fingerprint density at radius 1 is 1.45 bits per heavy atom. The van der Waals surface area contributed by atoms with Gasteiger partial charge in [0.05, 0.1) is 21.5 Å². The van der Waals surface area contributed by atoms with E-state index in [1.807, 2.05) is 6.92 Å². The van der Waals surface area contributed by atoms with Gasteiger partial charge in [0.25, 0.3) is 0 Å². The van der Waals surface area contributed by atoms with E-state index in [4.69, 9.17) is 16.7 Å². The highest BCUT2D eigenvalue weighted by Gasteiger charge is 2.29. The van der Waals surface area contributed by atoms with E-state index in [1.54, 1.807) is 0 Å². The summed E-state index contributed by atoms with van der Waals surface area (Å²) in [5.41, 5.74) is 0.252. The van der Waals surface area contributed by atoms with Crippen molar-refractivity contribution in [1.29, 1.82) is 0 Å². The zero-order valence-electron chi connectivity index (χ0n) is 10.9. The van der Waals surface area contributed by atoms with Crippen molar-refractivity contribution in [3.05, 3.63) is 23.2 Å². The summed E-state index contributed by atoms with van der Waals surface area (Å²) in [5, 5.41) is 11.1. The predicted molar refractivity (Wildman–Crippen MR) is 77.0 cm³/mol. The summed E-state index contributed by atoms with van der Waals surface area (Å²) < 4.78 is 22.6. The molecule has 0 aromatic heterocycles. The minimum atomic E-state index is -3.83. The number of nitrogens with two attached hydrogens (primary N) is 1. The first-order valence-electron chi connectivity index (χ1n) is 6.13. The van der Waals surface area contributed by atoms with Crippen LogP contribution in [-0.4, -0.2) is 27.4 Å². The third-order valence-corrected chi connectivity index (χ3v) is 4.62. The molecule has 0 radical (unpaired) electrons. The number of amides is 1. The van der Waals surface area contributed by atoms with Crippen molar-refractivity contribution in [1.82, 2.24) is 5.32 Å². The molecule has 1 aromatic carbocycles. The van der Waals surface area contributed by atoms with Gasteiger partial charge in [0, 0.05) is 6.54 Å². The molecule has 1 aliphatic heterocycles. The van der Waals surface area contributed by atoms with Crippen molar-refractivity contribution < 1.29 is 13.2 Å². The Bertz CT molecular complexity index is 633. The fourth-order valence-corrected chi connectivity index (χ4v) is 2.87. The SMILES string of the molecule is C[C@@H]1CNC[C@H]1C(=O)Nc1cc(S(N)(=O)=O)ccc1Cl. The Morgan fingerprint density at radius 2 is 2.15 bits per heavy atom. The number of halogens is 1. The van der Waals surface area contributed by atoms with Gasteiger partial charge < -0.3 is 10.6 Å². The Hall–Kier alpha value is -1.15. The van der Waals surface area contributed by atoms with Crippen LogP contribution in [-0.2, 0) is 14.8 Å². The topological polar surface area (TPSA) is 101 Å². The second-order valence-electron chi connectivity index (χ2n) is 4.92. The first kappa shape index (κ1) is 15.2. The first-order valence-corrected chi connectivity index (χ1v) is 8.05. The molecule has 1 amide bonds. The van der Waals surface area contributed by atoms with E-state index in [1.165, 1.54) is 18.2 Å². The Morgan fingerprint density at radius 3 is 2.70 bits per heavy atom. The van der Waals surface area contributed by atoms with Gasteiger partial charge in [-0.25, -0.2) is 13.6 Å². The van der Waals surface area contributed by atoms with Gasteiger partial charge in [-0.15, -0.1) is 0 Å². The van der Waals surface area contributed by atoms with Crippen molar-refractivity contribution in [3.63, 3.8) is 0 Å². The fraction of sp³-hybridized carbons (Fsp3) is 0.417. The second-order valence-corrected chi connectivity index (χ2v) is 6.89. The number of carbonyl (C=O) groups excluding carboxylic acids is 1. The van der Waals surface area contributed by atoms with Crippen molar-refractivity contribution >= 4 is 33.2 Å². The number of sulfonamides is 1. The molecular weight excluding hydrogens is 302 g/mol. The van der Waals surface area contributed by atoms with Crippen LogP contribution in [0.3, 0.4) is 0 Å². The average Bonchev–Trinajstić information content (AvgIpc) is 2.77. The Labute approximate surface area is 122 Å². The molecule has 1 fully saturated rings. The molecule has 20 heavy (non-hydrogen) atoms. The van der Waals surface area contributed by atoms with Gasteiger partial charge in [-0.2, -0.15) is 0 Å². The van der Waals surface area contributed by atoms with Crippen LogP contribution < -0.4 is 15.8 Å². The van der Waals surface area contributed by atoms with Crippen LogP contribution in [0.25, 0.3) is 0 Å². The van der Waals surface area contributed by atoms with Crippen LogP contribution in [0.1, 0.15) is 6.92 Å². The minimum Gasteiger partial charge on any atom is -0.324 e. The molecule has 1 aromatic rings. The summed E-state index contributed by atoms with van der Waals surface area (Å²) in [5.74, 6) is -0.129. The summed E-state index contributed by atoms with van der Waals surface area (Å²) >= 11 is 5.97. The van der Waals surface area contributed by atoms with E-state index in [0.717, 1.165) is 6.54 Å². The predicted octanol–water partition coefficient (Wildman–Crippen LogP) is 0.781. The average molecular weight is 318 g/mol. The lowest BCUT2D eigenvalue weighted by molar-refractivity contribution is -0.120. The maximum atomic E-state index is 12.1. The van der Waals surface area contributed by atoms with Crippen molar-refractivity contribution in [2.45, 2.75) is 11.8 Å². The monoisotopic (exact) mass is 317 g/mol. The zero-order chi connectivity index (χ0) is 14.9. The normalized spacial score (nSPS) is 22.8. The molecule has 1 saturated heterocycles. The van der Waals surface area contributed by atoms with Crippen molar-refractivity contribution in [2.75, 3.05) is 18.4 Å². The second kappa shape index (κ2) is 5.69. The molecule has 4 N–H and O–H groups in total. The molecule has 0 unspecified atom stereocenters. The molecule has 6 nitrogen and oxygen atoms in total. The van der Waals surface area contributed by atoms with E-state index in [9.17, 15) is 13.2 Å². The van der Waals surface area contributed by atoms with Crippen molar-refractivity contribution in [3.8, 4) is 0 Å². The number of benzene rings is 1. The number of nitrogens with one attached hydrogen (secondary N) is 2. The first-order chi connectivity index (χ1) is 9.29. The fourth-order valence-electron chi connectivity index (χ4n) is 2.16. The highest BCUT2D eigenvalue weighted by Crippen LogP contribution is 2.26. The van der Waals surface area contributed by atoms with E-state index in [-0.39, 0.29) is 33.3 Å². The molecule has 1 aliphatic rings. The third-order valence-electron chi connectivity index (χ3n) is 3.38. The third kappa shape index (κ3) is 3.29. The molecule has 0 spiro atoms. The lowest BCUT2D eigenvalue weighted by Crippen LogP contribution is -2.28. The molecule has 2 rings (SSSR count). The highest BCUT2D eigenvalue weighted by atomic mass is 35.5. The lowest BCUT2D eigenvalue weighted by atomic mass is 9.97.